The molecule has 1 amide bonds. The SMILES string of the molecule is CCNC(=O)[C@H]1O[C@H]2SC(NCC)=N[C@H]2[C@@H](O)[C@@H]1O. The quantitative estimate of drug-likeness (QED) is 0.512. The summed E-state index contributed by atoms with van der Waals surface area (Å²) in [5, 5.41) is 26.3. The Kier molecular flexibility index (Phi) is 4.67. The van der Waals surface area contributed by atoms with E-state index >= 15 is 0 Å². The van der Waals surface area contributed by atoms with E-state index in [9.17, 15) is 15.0 Å². The van der Waals surface area contributed by atoms with Gasteiger partial charge in [0.2, 0.25) is 0 Å². The summed E-state index contributed by atoms with van der Waals surface area (Å²) in [6, 6.07) is -0.542. The van der Waals surface area contributed by atoms with Gasteiger partial charge in [-0.2, -0.15) is 0 Å². The van der Waals surface area contributed by atoms with Crippen molar-refractivity contribution in [2.75, 3.05) is 13.1 Å². The molecule has 8 heteroatoms. The number of amides is 1. The van der Waals surface area contributed by atoms with Gasteiger partial charge in [0.15, 0.2) is 11.3 Å². The van der Waals surface area contributed by atoms with Crippen LogP contribution in [0.3, 0.4) is 0 Å². The number of hydrogen-bond acceptors (Lipinski definition) is 7. The van der Waals surface area contributed by atoms with E-state index in [1.165, 1.54) is 11.8 Å². The van der Waals surface area contributed by atoms with Crippen LogP contribution in [0, 0.1) is 0 Å². The fraction of sp³-hybridized carbons (Fsp3) is 0.818. The fourth-order valence-corrected chi connectivity index (χ4v) is 3.26. The van der Waals surface area contributed by atoms with E-state index in [2.05, 4.69) is 15.6 Å². The Bertz CT molecular complexity index is 379. The molecule has 7 nitrogen and oxygen atoms in total. The summed E-state index contributed by atoms with van der Waals surface area (Å²) < 4.78 is 5.57. The van der Waals surface area contributed by atoms with Crippen molar-refractivity contribution in [3.63, 3.8) is 0 Å². The van der Waals surface area contributed by atoms with Gasteiger partial charge in [-0.05, 0) is 13.8 Å². The third kappa shape index (κ3) is 2.86. The molecule has 0 bridgehead atoms. The highest BCUT2D eigenvalue weighted by Crippen LogP contribution is 2.35. The zero-order chi connectivity index (χ0) is 14.0. The molecule has 0 unspecified atom stereocenters. The Hall–Kier alpha value is -0.830. The molecular weight excluding hydrogens is 270 g/mol. The van der Waals surface area contributed by atoms with Gasteiger partial charge in [-0.1, -0.05) is 11.8 Å². The van der Waals surface area contributed by atoms with Crippen molar-refractivity contribution >= 4 is 22.8 Å². The van der Waals surface area contributed by atoms with Crippen LogP contribution in [0.4, 0.5) is 0 Å². The number of fused-ring (bicyclic) bond motifs is 1. The minimum Gasteiger partial charge on any atom is -0.388 e. The standard InChI is InChI=1S/C11H19N3O4S/c1-3-12-9(17)8-7(16)6(15)5-10(18-8)19-11(14-5)13-4-2/h5-8,10,15-16H,3-4H2,1-2H3,(H,12,17)(H,13,14)/t5-,6+,7-,8-,10-/m0/s1. The Morgan fingerprint density at radius 3 is 2.74 bits per heavy atom. The number of aliphatic imine (C=N–C) groups is 1. The fourth-order valence-electron chi connectivity index (χ4n) is 2.09. The van der Waals surface area contributed by atoms with E-state index in [-0.39, 0.29) is 0 Å². The summed E-state index contributed by atoms with van der Waals surface area (Å²) in [5.41, 5.74) is -0.444. The van der Waals surface area contributed by atoms with Crippen LogP contribution >= 0.6 is 11.8 Å². The minimum absolute atomic E-state index is 0.412. The van der Waals surface area contributed by atoms with Gasteiger partial charge >= 0.3 is 0 Å². The number of aliphatic hydroxyl groups is 2. The number of nitrogens with one attached hydrogen (secondary N) is 2. The maximum atomic E-state index is 11.8. The summed E-state index contributed by atoms with van der Waals surface area (Å²) in [6.45, 7) is 4.88. The van der Waals surface area contributed by atoms with E-state index in [1.54, 1.807) is 6.92 Å². The molecule has 0 aliphatic carbocycles. The first-order chi connectivity index (χ1) is 9.08. The number of carbonyl (C=O) groups is 1. The van der Waals surface area contributed by atoms with Gasteiger partial charge in [0, 0.05) is 13.1 Å². The molecule has 2 aliphatic rings. The smallest absolute Gasteiger partial charge is 0.252 e. The third-order valence-electron chi connectivity index (χ3n) is 3.00. The largest absolute Gasteiger partial charge is 0.388 e. The summed E-state index contributed by atoms with van der Waals surface area (Å²) in [6.07, 6.45) is -3.42. The Morgan fingerprint density at radius 1 is 1.37 bits per heavy atom. The maximum absolute atomic E-state index is 11.8. The highest BCUT2D eigenvalue weighted by molar-refractivity contribution is 8.14. The van der Waals surface area contributed by atoms with Crippen molar-refractivity contribution in [1.29, 1.82) is 0 Å². The van der Waals surface area contributed by atoms with Crippen molar-refractivity contribution in [3.05, 3.63) is 0 Å². The number of rotatable bonds is 3. The Balaban J connectivity index is 2.07. The van der Waals surface area contributed by atoms with E-state index in [0.29, 0.717) is 18.3 Å². The molecule has 5 atom stereocenters. The second-order valence-corrected chi connectivity index (χ2v) is 5.46. The average molecular weight is 289 g/mol. The zero-order valence-electron chi connectivity index (χ0n) is 10.9. The molecule has 1 fully saturated rings. The third-order valence-corrected chi connectivity index (χ3v) is 4.10. The summed E-state index contributed by atoms with van der Waals surface area (Å²) >= 11 is 1.33. The molecule has 0 spiro atoms. The number of carbonyl (C=O) groups excluding carboxylic acids is 1. The van der Waals surface area contributed by atoms with Crippen molar-refractivity contribution in [1.82, 2.24) is 10.6 Å². The summed E-state index contributed by atoms with van der Waals surface area (Å²) in [5.74, 6) is -0.412. The molecule has 108 valence electrons. The second-order valence-electron chi connectivity index (χ2n) is 4.37. The first-order valence-electron chi connectivity index (χ1n) is 6.36. The van der Waals surface area contributed by atoms with Crippen molar-refractivity contribution in [3.8, 4) is 0 Å². The number of likely N-dealkylation sites (N-methyl/N-ethyl adjacent to an activating group) is 1. The van der Waals surface area contributed by atoms with Crippen LogP contribution in [-0.4, -0.2) is 64.2 Å². The van der Waals surface area contributed by atoms with Crippen LogP contribution in [-0.2, 0) is 9.53 Å². The van der Waals surface area contributed by atoms with Crippen LogP contribution in [0.15, 0.2) is 4.99 Å². The monoisotopic (exact) mass is 289 g/mol. The molecule has 0 aromatic heterocycles. The molecule has 0 aromatic carbocycles. The first kappa shape index (κ1) is 14.6. The molecule has 0 aromatic rings. The highest BCUT2D eigenvalue weighted by Gasteiger charge is 2.50. The van der Waals surface area contributed by atoms with E-state index < -0.39 is 35.7 Å². The van der Waals surface area contributed by atoms with Crippen molar-refractivity contribution < 1.29 is 19.7 Å². The van der Waals surface area contributed by atoms with E-state index in [4.69, 9.17) is 4.74 Å². The molecule has 2 aliphatic heterocycles. The van der Waals surface area contributed by atoms with Gasteiger partial charge in [0.1, 0.15) is 23.7 Å². The number of ether oxygens (including phenoxy) is 1. The summed E-state index contributed by atoms with van der Waals surface area (Å²) in [7, 11) is 0. The molecule has 2 rings (SSSR count). The molecule has 1 saturated heterocycles. The number of hydrogen-bond donors (Lipinski definition) is 4. The van der Waals surface area contributed by atoms with Crippen LogP contribution in [0.5, 0.6) is 0 Å². The number of thioether (sulfide) groups is 1. The van der Waals surface area contributed by atoms with Crippen LogP contribution in [0.2, 0.25) is 0 Å². The van der Waals surface area contributed by atoms with Crippen LogP contribution in [0.25, 0.3) is 0 Å². The van der Waals surface area contributed by atoms with Gasteiger partial charge in [0.25, 0.3) is 5.91 Å². The van der Waals surface area contributed by atoms with Gasteiger partial charge in [0.05, 0.1) is 0 Å². The van der Waals surface area contributed by atoms with Crippen molar-refractivity contribution in [2.45, 2.75) is 43.6 Å². The van der Waals surface area contributed by atoms with Gasteiger partial charge in [-0.25, -0.2) is 0 Å². The highest BCUT2D eigenvalue weighted by atomic mass is 32.2. The topological polar surface area (TPSA) is 103 Å². The zero-order valence-corrected chi connectivity index (χ0v) is 11.7. The molecule has 0 radical (unpaired) electrons. The second kappa shape index (κ2) is 6.08. The Labute approximate surface area is 115 Å². The number of aliphatic hydroxyl groups excluding tert-OH is 2. The molecule has 4 N–H and O–H groups in total. The number of nitrogens with zero attached hydrogens (tertiary/aromatic N) is 1. The predicted octanol–water partition coefficient (Wildman–Crippen LogP) is -1.35. The average Bonchev–Trinajstić information content (AvgIpc) is 2.77. The lowest BCUT2D eigenvalue weighted by Gasteiger charge is -2.37. The Morgan fingerprint density at radius 2 is 2.11 bits per heavy atom. The first-order valence-corrected chi connectivity index (χ1v) is 7.24. The van der Waals surface area contributed by atoms with Crippen LogP contribution < -0.4 is 10.6 Å². The van der Waals surface area contributed by atoms with E-state index in [1.807, 2.05) is 6.92 Å². The van der Waals surface area contributed by atoms with Crippen molar-refractivity contribution in [2.24, 2.45) is 4.99 Å². The van der Waals surface area contributed by atoms with E-state index in [0.717, 1.165) is 0 Å². The molecule has 19 heavy (non-hydrogen) atoms. The number of amidine groups is 1. The lowest BCUT2D eigenvalue weighted by Crippen LogP contribution is -2.59. The van der Waals surface area contributed by atoms with Gasteiger partial charge in [-0.15, -0.1) is 0 Å². The molecule has 0 saturated carbocycles. The molecular formula is C11H19N3O4S. The van der Waals surface area contributed by atoms with Crippen LogP contribution in [0.1, 0.15) is 13.8 Å². The summed E-state index contributed by atoms with van der Waals surface area (Å²) in [4.78, 5) is 16.1. The molecule has 2 heterocycles. The van der Waals surface area contributed by atoms with Gasteiger partial charge in [-0.3, -0.25) is 9.79 Å². The normalized spacial score (nSPS) is 37.5. The lowest BCUT2D eigenvalue weighted by atomic mass is 9.98. The minimum atomic E-state index is -1.27. The maximum Gasteiger partial charge on any atom is 0.252 e. The predicted molar refractivity (Wildman–Crippen MR) is 71.8 cm³/mol. The lowest BCUT2D eigenvalue weighted by molar-refractivity contribution is -0.171. The van der Waals surface area contributed by atoms with Gasteiger partial charge < -0.3 is 25.6 Å².